The zero-order valence-electron chi connectivity index (χ0n) is 14.6. The number of piperidine rings is 1. The summed E-state index contributed by atoms with van der Waals surface area (Å²) in [5, 5.41) is 0. The first-order valence-corrected chi connectivity index (χ1v) is 9.70. The van der Waals surface area contributed by atoms with Crippen molar-refractivity contribution in [3.63, 3.8) is 0 Å². The molecule has 2 saturated heterocycles. The highest BCUT2D eigenvalue weighted by Crippen LogP contribution is 2.35. The van der Waals surface area contributed by atoms with E-state index in [1.165, 1.54) is 11.8 Å². The summed E-state index contributed by atoms with van der Waals surface area (Å²) in [5.74, 6) is 0.182. The number of rotatable bonds is 2. The molecular formula is C18H21N3O4S. The fourth-order valence-corrected chi connectivity index (χ4v) is 4.81. The molecule has 0 aliphatic carbocycles. The molecule has 0 radical (unpaired) electrons. The van der Waals surface area contributed by atoms with Gasteiger partial charge in [0.25, 0.3) is 0 Å². The summed E-state index contributed by atoms with van der Waals surface area (Å²) in [7, 11) is 1.71. The minimum atomic E-state index is -0.612. The van der Waals surface area contributed by atoms with Crippen LogP contribution in [0.3, 0.4) is 0 Å². The van der Waals surface area contributed by atoms with E-state index in [0.29, 0.717) is 25.4 Å². The molecule has 1 spiro atoms. The highest BCUT2D eigenvalue weighted by atomic mass is 32.2. The van der Waals surface area contributed by atoms with Gasteiger partial charge in [0.1, 0.15) is 12.1 Å². The van der Waals surface area contributed by atoms with E-state index in [-0.39, 0.29) is 24.5 Å². The smallest absolute Gasteiger partial charge is 0.410 e. The van der Waals surface area contributed by atoms with E-state index >= 15 is 0 Å². The Morgan fingerprint density at radius 3 is 2.85 bits per heavy atom. The third-order valence-corrected chi connectivity index (χ3v) is 6.18. The minimum Gasteiger partial charge on any atom is -0.439 e. The Balaban J connectivity index is 1.48. The SMILES string of the molecule is CN1C[C@]2(CCCN(C(=O)CN3C(=O)CSc4ccccc43)C2)OC1=O. The van der Waals surface area contributed by atoms with E-state index in [9.17, 15) is 14.4 Å². The van der Waals surface area contributed by atoms with Gasteiger partial charge in [-0.25, -0.2) is 4.79 Å². The van der Waals surface area contributed by atoms with Crippen molar-refractivity contribution in [2.75, 3.05) is 43.9 Å². The number of carbonyl (C=O) groups excluding carboxylic acids is 3. The summed E-state index contributed by atoms with van der Waals surface area (Å²) in [6.45, 7) is 1.54. The molecule has 0 unspecified atom stereocenters. The van der Waals surface area contributed by atoms with E-state index in [1.807, 2.05) is 24.3 Å². The van der Waals surface area contributed by atoms with Crippen LogP contribution in [0.15, 0.2) is 29.2 Å². The van der Waals surface area contributed by atoms with Gasteiger partial charge >= 0.3 is 6.09 Å². The Morgan fingerprint density at radius 1 is 1.27 bits per heavy atom. The molecule has 26 heavy (non-hydrogen) atoms. The van der Waals surface area contributed by atoms with Gasteiger partial charge in [-0.2, -0.15) is 0 Å². The number of likely N-dealkylation sites (tertiary alicyclic amines) is 1. The molecule has 138 valence electrons. The van der Waals surface area contributed by atoms with Gasteiger partial charge in [0.05, 0.1) is 24.5 Å². The molecule has 0 bridgehead atoms. The summed E-state index contributed by atoms with van der Waals surface area (Å²) in [6, 6.07) is 7.64. The highest BCUT2D eigenvalue weighted by molar-refractivity contribution is 8.00. The van der Waals surface area contributed by atoms with Crippen molar-refractivity contribution >= 4 is 35.4 Å². The lowest BCUT2D eigenvalue weighted by Crippen LogP contribution is -2.55. The molecule has 3 aliphatic rings. The van der Waals surface area contributed by atoms with Crippen molar-refractivity contribution < 1.29 is 19.1 Å². The van der Waals surface area contributed by atoms with Gasteiger partial charge < -0.3 is 19.4 Å². The second-order valence-electron chi connectivity index (χ2n) is 7.06. The van der Waals surface area contributed by atoms with Crippen LogP contribution in [0.2, 0.25) is 0 Å². The first kappa shape index (κ1) is 17.2. The zero-order chi connectivity index (χ0) is 18.3. The molecule has 4 rings (SSSR count). The maximum Gasteiger partial charge on any atom is 0.410 e. The summed E-state index contributed by atoms with van der Waals surface area (Å²) in [6.07, 6.45) is 1.21. The van der Waals surface area contributed by atoms with Gasteiger partial charge in [-0.3, -0.25) is 9.59 Å². The van der Waals surface area contributed by atoms with Crippen LogP contribution in [-0.2, 0) is 14.3 Å². The van der Waals surface area contributed by atoms with Crippen molar-refractivity contribution in [3.05, 3.63) is 24.3 Å². The summed E-state index contributed by atoms with van der Waals surface area (Å²) < 4.78 is 5.56. The average molecular weight is 375 g/mol. The Kier molecular flexibility index (Phi) is 4.30. The number of fused-ring (bicyclic) bond motifs is 1. The first-order chi connectivity index (χ1) is 12.5. The number of hydrogen-bond donors (Lipinski definition) is 0. The van der Waals surface area contributed by atoms with Crippen LogP contribution in [0.1, 0.15) is 12.8 Å². The molecule has 0 N–H and O–H groups in total. The number of hydrogen-bond acceptors (Lipinski definition) is 5. The molecule has 7 nitrogen and oxygen atoms in total. The quantitative estimate of drug-likeness (QED) is 0.785. The van der Waals surface area contributed by atoms with Crippen molar-refractivity contribution in [1.29, 1.82) is 0 Å². The van der Waals surface area contributed by atoms with Gasteiger partial charge in [-0.1, -0.05) is 12.1 Å². The lowest BCUT2D eigenvalue weighted by Gasteiger charge is -2.39. The van der Waals surface area contributed by atoms with Crippen LogP contribution < -0.4 is 4.90 Å². The summed E-state index contributed by atoms with van der Waals surface area (Å²) in [4.78, 5) is 42.9. The third kappa shape index (κ3) is 3.02. The zero-order valence-corrected chi connectivity index (χ0v) is 15.5. The molecule has 0 saturated carbocycles. The van der Waals surface area contributed by atoms with Crippen LogP contribution in [0.25, 0.3) is 0 Å². The van der Waals surface area contributed by atoms with Crippen molar-refractivity contribution in [2.24, 2.45) is 0 Å². The molecule has 1 aromatic rings. The topological polar surface area (TPSA) is 70.2 Å². The van der Waals surface area contributed by atoms with Crippen LogP contribution in [0, 0.1) is 0 Å². The van der Waals surface area contributed by atoms with Crippen LogP contribution in [-0.4, -0.2) is 72.3 Å². The second-order valence-corrected chi connectivity index (χ2v) is 8.08. The fraction of sp³-hybridized carbons (Fsp3) is 0.500. The maximum atomic E-state index is 12.9. The van der Waals surface area contributed by atoms with Gasteiger partial charge in [0.2, 0.25) is 11.8 Å². The third-order valence-electron chi connectivity index (χ3n) is 5.13. The van der Waals surface area contributed by atoms with Gasteiger partial charge in [-0.15, -0.1) is 11.8 Å². The van der Waals surface area contributed by atoms with E-state index in [4.69, 9.17) is 4.74 Å². The standard InChI is InChI=1S/C18H21N3O4S/c1-19-11-18(25-17(19)24)7-4-8-20(12-18)15(22)9-21-13-5-2-3-6-14(13)26-10-16(21)23/h2-3,5-6H,4,7-12H2,1H3/t18-/m0/s1. The predicted octanol–water partition coefficient (Wildman–Crippen LogP) is 1.57. The maximum absolute atomic E-state index is 12.9. The number of carbonyl (C=O) groups is 3. The molecule has 3 heterocycles. The van der Waals surface area contributed by atoms with E-state index in [0.717, 1.165) is 23.4 Å². The number of amides is 3. The van der Waals surface area contributed by atoms with Crippen LogP contribution >= 0.6 is 11.8 Å². The lowest BCUT2D eigenvalue weighted by molar-refractivity contribution is -0.136. The Morgan fingerprint density at radius 2 is 2.08 bits per heavy atom. The Bertz CT molecular complexity index is 771. The monoisotopic (exact) mass is 375 g/mol. The molecule has 1 atom stereocenters. The molecule has 1 aromatic carbocycles. The largest absolute Gasteiger partial charge is 0.439 e. The number of nitrogens with zero attached hydrogens (tertiary/aromatic N) is 3. The normalized spacial score (nSPS) is 25.5. The summed E-state index contributed by atoms with van der Waals surface area (Å²) in [5.41, 5.74) is 0.181. The fourth-order valence-electron chi connectivity index (χ4n) is 3.88. The van der Waals surface area contributed by atoms with Crippen LogP contribution in [0.5, 0.6) is 0 Å². The number of thioether (sulfide) groups is 1. The van der Waals surface area contributed by atoms with Gasteiger partial charge in [0, 0.05) is 18.5 Å². The highest BCUT2D eigenvalue weighted by Gasteiger charge is 2.47. The van der Waals surface area contributed by atoms with Gasteiger partial charge in [0.15, 0.2) is 0 Å². The summed E-state index contributed by atoms with van der Waals surface area (Å²) >= 11 is 1.50. The lowest BCUT2D eigenvalue weighted by atomic mass is 9.92. The number of likely N-dealkylation sites (N-methyl/N-ethyl adjacent to an activating group) is 1. The first-order valence-electron chi connectivity index (χ1n) is 8.72. The number of para-hydroxylation sites is 1. The van der Waals surface area contributed by atoms with Crippen molar-refractivity contribution in [3.8, 4) is 0 Å². The van der Waals surface area contributed by atoms with Gasteiger partial charge in [-0.05, 0) is 25.0 Å². The van der Waals surface area contributed by atoms with Crippen LogP contribution in [0.4, 0.5) is 10.5 Å². The predicted molar refractivity (Wildman–Crippen MR) is 97.2 cm³/mol. The molecule has 3 aliphatic heterocycles. The molecule has 0 aromatic heterocycles. The molecule has 8 heteroatoms. The average Bonchev–Trinajstić information content (AvgIpc) is 2.90. The Labute approximate surface area is 156 Å². The number of ether oxygens (including phenoxy) is 1. The minimum absolute atomic E-state index is 0.0241. The molecule has 2 fully saturated rings. The van der Waals surface area contributed by atoms with E-state index in [1.54, 1.807) is 21.7 Å². The number of benzene rings is 1. The molecular weight excluding hydrogens is 354 g/mol. The van der Waals surface area contributed by atoms with E-state index in [2.05, 4.69) is 0 Å². The Hall–Kier alpha value is -2.22. The van der Waals surface area contributed by atoms with Crippen molar-refractivity contribution in [1.82, 2.24) is 9.80 Å². The van der Waals surface area contributed by atoms with E-state index < -0.39 is 5.60 Å². The number of anilines is 1. The molecule has 3 amide bonds. The van der Waals surface area contributed by atoms with Crippen molar-refractivity contribution in [2.45, 2.75) is 23.3 Å². The second kappa shape index (κ2) is 6.50.